The van der Waals surface area contributed by atoms with E-state index in [0.29, 0.717) is 0 Å². The molecule has 0 N–H and O–H groups in total. The van der Waals surface area contributed by atoms with Crippen molar-refractivity contribution in [2.45, 2.75) is 0 Å². The van der Waals surface area contributed by atoms with Gasteiger partial charge in [-0.1, -0.05) is 0 Å². The minimum atomic E-state index is 0.824. The van der Waals surface area contributed by atoms with Crippen LogP contribution < -0.4 is 4.90 Å². The topological polar surface area (TPSA) is 41.9 Å². The van der Waals surface area contributed by atoms with Crippen LogP contribution in [0.15, 0.2) is 12.5 Å². The highest BCUT2D eigenvalue weighted by Gasteiger charge is 1.91. The van der Waals surface area contributed by atoms with Crippen molar-refractivity contribution in [3.8, 4) is 0 Å². The van der Waals surface area contributed by atoms with Gasteiger partial charge in [-0.15, -0.1) is 5.10 Å². The third-order valence-electron chi connectivity index (χ3n) is 0.940. The molecule has 4 heteroatoms. The first-order chi connectivity index (χ1) is 4.30. The molecule has 0 fully saturated rings. The summed E-state index contributed by atoms with van der Waals surface area (Å²) in [5.74, 6) is 0.824. The molecule has 0 radical (unpaired) electrons. The molecule has 1 aromatic rings. The summed E-state index contributed by atoms with van der Waals surface area (Å²) in [5, 5.41) is 7.19. The van der Waals surface area contributed by atoms with E-state index in [-0.39, 0.29) is 0 Å². The van der Waals surface area contributed by atoms with Crippen molar-refractivity contribution in [1.82, 2.24) is 15.2 Å². The normalized spacial score (nSPS) is 9.11. The van der Waals surface area contributed by atoms with Gasteiger partial charge in [0.2, 0.25) is 0 Å². The maximum atomic E-state index is 3.93. The zero-order chi connectivity index (χ0) is 6.69. The van der Waals surface area contributed by atoms with Gasteiger partial charge in [0, 0.05) is 14.1 Å². The zero-order valence-corrected chi connectivity index (χ0v) is 5.44. The van der Waals surface area contributed by atoms with Crippen LogP contribution in [0, 0.1) is 0 Å². The number of anilines is 1. The Hall–Kier alpha value is -1.19. The van der Waals surface area contributed by atoms with Crippen LogP contribution in [-0.4, -0.2) is 29.3 Å². The van der Waals surface area contributed by atoms with E-state index in [2.05, 4.69) is 15.2 Å². The van der Waals surface area contributed by atoms with Gasteiger partial charge in [0.25, 0.3) is 0 Å². The Morgan fingerprint density at radius 3 is 2.44 bits per heavy atom. The van der Waals surface area contributed by atoms with Gasteiger partial charge in [-0.25, -0.2) is 4.98 Å². The molecule has 1 aromatic heterocycles. The van der Waals surface area contributed by atoms with Crippen molar-refractivity contribution in [2.75, 3.05) is 19.0 Å². The van der Waals surface area contributed by atoms with E-state index in [1.165, 1.54) is 6.33 Å². The second-order valence-corrected chi connectivity index (χ2v) is 1.86. The van der Waals surface area contributed by atoms with E-state index >= 15 is 0 Å². The van der Waals surface area contributed by atoms with Crippen LogP contribution in [0.3, 0.4) is 0 Å². The number of hydrogen-bond donors (Lipinski definition) is 0. The van der Waals surface area contributed by atoms with E-state index < -0.39 is 0 Å². The lowest BCUT2D eigenvalue weighted by molar-refractivity contribution is 0.934. The summed E-state index contributed by atoms with van der Waals surface area (Å²) in [6.45, 7) is 0. The van der Waals surface area contributed by atoms with Crippen molar-refractivity contribution in [1.29, 1.82) is 0 Å². The summed E-state index contributed by atoms with van der Waals surface area (Å²) in [5.41, 5.74) is 0. The van der Waals surface area contributed by atoms with Crippen molar-refractivity contribution in [3.05, 3.63) is 12.5 Å². The van der Waals surface area contributed by atoms with Gasteiger partial charge in [-0.05, 0) is 0 Å². The molecule has 9 heavy (non-hydrogen) atoms. The predicted molar refractivity (Wildman–Crippen MR) is 34.2 cm³/mol. The number of nitrogens with zero attached hydrogens (tertiary/aromatic N) is 4. The Balaban J connectivity index is 2.85. The monoisotopic (exact) mass is 124 g/mol. The Bertz CT molecular complexity index is 172. The smallest absolute Gasteiger partial charge is 0.150 e. The van der Waals surface area contributed by atoms with Crippen LogP contribution >= 0.6 is 0 Å². The fourth-order valence-electron chi connectivity index (χ4n) is 0.464. The Kier molecular flexibility index (Phi) is 1.58. The molecule has 0 aliphatic carbocycles. The van der Waals surface area contributed by atoms with Crippen molar-refractivity contribution < 1.29 is 0 Å². The molecule has 0 saturated heterocycles. The number of hydrogen-bond acceptors (Lipinski definition) is 4. The van der Waals surface area contributed by atoms with Crippen LogP contribution in [0.4, 0.5) is 5.82 Å². The van der Waals surface area contributed by atoms with E-state index in [9.17, 15) is 0 Å². The highest BCUT2D eigenvalue weighted by atomic mass is 15.2. The van der Waals surface area contributed by atoms with Crippen LogP contribution in [-0.2, 0) is 0 Å². The minimum absolute atomic E-state index is 0.824. The second-order valence-electron chi connectivity index (χ2n) is 1.86. The molecule has 0 unspecified atom stereocenters. The van der Waals surface area contributed by atoms with Gasteiger partial charge in [0.1, 0.15) is 12.1 Å². The molecule has 0 aliphatic heterocycles. The third-order valence-corrected chi connectivity index (χ3v) is 0.940. The molecule has 0 atom stereocenters. The summed E-state index contributed by atoms with van der Waals surface area (Å²) in [6, 6.07) is 0. The fourth-order valence-corrected chi connectivity index (χ4v) is 0.464. The summed E-state index contributed by atoms with van der Waals surface area (Å²) in [7, 11) is 3.81. The van der Waals surface area contributed by atoms with Crippen molar-refractivity contribution >= 4 is 5.82 Å². The molecular formula is C5H8N4. The Morgan fingerprint density at radius 1 is 1.33 bits per heavy atom. The quantitative estimate of drug-likeness (QED) is 0.526. The summed E-state index contributed by atoms with van der Waals surface area (Å²) < 4.78 is 0. The first-order valence-electron chi connectivity index (χ1n) is 2.60. The molecule has 1 rings (SSSR count). The fraction of sp³-hybridized carbons (Fsp3) is 0.400. The molecule has 1 heterocycles. The predicted octanol–water partition coefficient (Wildman–Crippen LogP) is -0.0624. The molecule has 0 saturated carbocycles. The standard InChI is InChI=1S/C5H8N4/c1-9(2)5-3-7-8-4-6-5/h3-4H,1-2H3. The van der Waals surface area contributed by atoms with E-state index in [1.807, 2.05) is 19.0 Å². The maximum Gasteiger partial charge on any atom is 0.150 e. The largest absolute Gasteiger partial charge is 0.361 e. The summed E-state index contributed by atoms with van der Waals surface area (Å²) >= 11 is 0. The Labute approximate surface area is 53.5 Å². The molecule has 0 aliphatic rings. The third kappa shape index (κ3) is 1.35. The van der Waals surface area contributed by atoms with E-state index in [0.717, 1.165) is 5.82 Å². The molecule has 0 bridgehead atoms. The van der Waals surface area contributed by atoms with Gasteiger partial charge in [0.05, 0.1) is 6.20 Å². The highest BCUT2D eigenvalue weighted by Crippen LogP contribution is 1.98. The molecule has 0 aromatic carbocycles. The average Bonchev–Trinajstić information content (AvgIpc) is 1.90. The van der Waals surface area contributed by atoms with Crippen LogP contribution in [0.25, 0.3) is 0 Å². The highest BCUT2D eigenvalue weighted by molar-refractivity contribution is 5.30. The lowest BCUT2D eigenvalue weighted by Crippen LogP contribution is -2.10. The minimum Gasteiger partial charge on any atom is -0.361 e. The van der Waals surface area contributed by atoms with Crippen molar-refractivity contribution in [3.63, 3.8) is 0 Å². The Morgan fingerprint density at radius 2 is 2.11 bits per heavy atom. The first-order valence-corrected chi connectivity index (χ1v) is 2.60. The zero-order valence-electron chi connectivity index (χ0n) is 5.44. The second kappa shape index (κ2) is 2.39. The van der Waals surface area contributed by atoms with Crippen LogP contribution in [0.2, 0.25) is 0 Å². The number of rotatable bonds is 1. The van der Waals surface area contributed by atoms with Crippen LogP contribution in [0.1, 0.15) is 0 Å². The molecule has 4 nitrogen and oxygen atoms in total. The lowest BCUT2D eigenvalue weighted by Gasteiger charge is -2.07. The summed E-state index contributed by atoms with van der Waals surface area (Å²) in [4.78, 5) is 5.80. The van der Waals surface area contributed by atoms with Crippen molar-refractivity contribution in [2.24, 2.45) is 0 Å². The maximum absolute atomic E-state index is 3.93. The first kappa shape index (κ1) is 5.94. The van der Waals surface area contributed by atoms with E-state index in [1.54, 1.807) is 6.20 Å². The molecular weight excluding hydrogens is 116 g/mol. The lowest BCUT2D eigenvalue weighted by atomic mass is 10.6. The average molecular weight is 124 g/mol. The van der Waals surface area contributed by atoms with Gasteiger partial charge >= 0.3 is 0 Å². The molecule has 0 spiro atoms. The van der Waals surface area contributed by atoms with Gasteiger partial charge < -0.3 is 4.90 Å². The molecule has 0 amide bonds. The summed E-state index contributed by atoms with van der Waals surface area (Å²) in [6.07, 6.45) is 3.04. The molecule has 48 valence electrons. The SMILES string of the molecule is CN(C)c1cnncn1. The van der Waals surface area contributed by atoms with Gasteiger partial charge in [0.15, 0.2) is 0 Å². The number of aromatic nitrogens is 3. The van der Waals surface area contributed by atoms with Gasteiger partial charge in [-0.3, -0.25) is 0 Å². The van der Waals surface area contributed by atoms with Crippen LogP contribution in [0.5, 0.6) is 0 Å². The van der Waals surface area contributed by atoms with Gasteiger partial charge in [-0.2, -0.15) is 5.10 Å². The van der Waals surface area contributed by atoms with E-state index in [4.69, 9.17) is 0 Å².